The van der Waals surface area contributed by atoms with Gasteiger partial charge in [-0.15, -0.1) is 0 Å². The van der Waals surface area contributed by atoms with Crippen LogP contribution in [0.25, 0.3) is 0 Å². The molecule has 2 aromatic carbocycles. The van der Waals surface area contributed by atoms with Gasteiger partial charge in [0.25, 0.3) is 0 Å². The third-order valence-electron chi connectivity index (χ3n) is 3.96. The van der Waals surface area contributed by atoms with Gasteiger partial charge in [0.2, 0.25) is 0 Å². The highest BCUT2D eigenvalue weighted by Gasteiger charge is 2.22. The fourth-order valence-electron chi connectivity index (χ4n) is 2.92. The summed E-state index contributed by atoms with van der Waals surface area (Å²) >= 11 is 7.11. The average molecular weight is 395 g/mol. The fraction of sp³-hybridized carbons (Fsp3) is 0.294. The summed E-state index contributed by atoms with van der Waals surface area (Å²) in [5.41, 5.74) is 5.53. The van der Waals surface area contributed by atoms with E-state index in [1.165, 1.54) is 33.3 Å². The summed E-state index contributed by atoms with van der Waals surface area (Å²) in [5, 5.41) is 3.73. The minimum Gasteiger partial charge on any atom is -0.378 e. The number of fused-ring (bicyclic) bond motifs is 1. The van der Waals surface area contributed by atoms with Gasteiger partial charge in [-0.05, 0) is 66.3 Å². The lowest BCUT2D eigenvalue weighted by Crippen LogP contribution is -2.08. The van der Waals surface area contributed by atoms with E-state index in [-0.39, 0.29) is 0 Å². The molecule has 1 N–H and O–H groups in total. The number of halogens is 2. The number of nitrogens with one attached hydrogen (secondary N) is 1. The minimum absolute atomic E-state index is 0.435. The van der Waals surface area contributed by atoms with Gasteiger partial charge in [-0.1, -0.05) is 44.8 Å². The molecule has 0 spiro atoms. The Bertz CT molecular complexity index is 637. The maximum absolute atomic E-state index is 3.73. The van der Waals surface area contributed by atoms with Gasteiger partial charge in [0.1, 0.15) is 0 Å². The van der Waals surface area contributed by atoms with Gasteiger partial charge in [-0.25, -0.2) is 0 Å². The zero-order valence-electron chi connectivity index (χ0n) is 11.4. The Kier molecular flexibility index (Phi) is 4.18. The van der Waals surface area contributed by atoms with Crippen molar-refractivity contribution < 1.29 is 0 Å². The lowest BCUT2D eigenvalue weighted by molar-refractivity contribution is 0.760. The van der Waals surface area contributed by atoms with Crippen molar-refractivity contribution in [3.8, 4) is 0 Å². The number of aryl methyl sites for hydroxylation is 2. The highest BCUT2D eigenvalue weighted by atomic mass is 79.9. The lowest BCUT2D eigenvalue weighted by atomic mass is 10.1. The van der Waals surface area contributed by atoms with E-state index >= 15 is 0 Å². The first-order valence-electron chi connectivity index (χ1n) is 7.00. The molecular weight excluding hydrogens is 378 g/mol. The molecule has 0 fully saturated rings. The van der Waals surface area contributed by atoms with Crippen molar-refractivity contribution in [3.05, 3.63) is 62.0 Å². The molecule has 1 aliphatic carbocycles. The van der Waals surface area contributed by atoms with Crippen molar-refractivity contribution in [2.24, 2.45) is 0 Å². The second kappa shape index (κ2) is 5.90. The summed E-state index contributed by atoms with van der Waals surface area (Å²) < 4.78 is 2.32. The molecule has 3 heteroatoms. The van der Waals surface area contributed by atoms with Crippen LogP contribution in [-0.4, -0.2) is 0 Å². The van der Waals surface area contributed by atoms with Crippen molar-refractivity contribution in [1.29, 1.82) is 0 Å². The predicted octanol–water partition coefficient (Wildman–Crippen LogP) is 5.87. The van der Waals surface area contributed by atoms with Crippen LogP contribution >= 0.6 is 31.9 Å². The Morgan fingerprint density at radius 1 is 1.10 bits per heavy atom. The molecule has 1 aliphatic rings. The molecule has 2 aromatic rings. The van der Waals surface area contributed by atoms with Crippen LogP contribution in [0, 0.1) is 0 Å². The first-order chi connectivity index (χ1) is 9.67. The van der Waals surface area contributed by atoms with E-state index in [0.29, 0.717) is 6.04 Å². The van der Waals surface area contributed by atoms with E-state index in [2.05, 4.69) is 80.5 Å². The second-order valence-corrected chi connectivity index (χ2v) is 7.07. The standard InChI is InChI=1S/C17H17Br2N/c1-2-11-9-14(19)5-8-16(11)20-17-7-3-12-10-13(18)4-6-15(12)17/h4-6,8-10,17,20H,2-3,7H2,1H3. The molecule has 20 heavy (non-hydrogen) atoms. The van der Waals surface area contributed by atoms with Crippen LogP contribution in [-0.2, 0) is 12.8 Å². The van der Waals surface area contributed by atoms with Gasteiger partial charge in [0, 0.05) is 14.6 Å². The molecule has 0 saturated heterocycles. The van der Waals surface area contributed by atoms with E-state index in [1.54, 1.807) is 0 Å². The number of anilines is 1. The SMILES string of the molecule is CCc1cc(Br)ccc1NC1CCc2cc(Br)ccc21. The molecule has 3 rings (SSSR count). The zero-order valence-corrected chi connectivity index (χ0v) is 14.6. The van der Waals surface area contributed by atoms with Crippen LogP contribution in [0.2, 0.25) is 0 Å². The van der Waals surface area contributed by atoms with Gasteiger partial charge in [0.15, 0.2) is 0 Å². The summed E-state index contributed by atoms with van der Waals surface area (Å²) in [7, 11) is 0. The molecule has 0 aliphatic heterocycles. The van der Waals surface area contributed by atoms with Gasteiger partial charge < -0.3 is 5.32 Å². The Morgan fingerprint density at radius 3 is 2.65 bits per heavy atom. The van der Waals surface area contributed by atoms with Crippen molar-refractivity contribution in [2.75, 3.05) is 5.32 Å². The van der Waals surface area contributed by atoms with E-state index < -0.39 is 0 Å². The average Bonchev–Trinajstić information content (AvgIpc) is 2.83. The zero-order chi connectivity index (χ0) is 14.1. The van der Waals surface area contributed by atoms with Crippen molar-refractivity contribution in [1.82, 2.24) is 0 Å². The van der Waals surface area contributed by atoms with Crippen LogP contribution in [0.1, 0.15) is 36.1 Å². The molecule has 0 radical (unpaired) electrons. The molecule has 1 nitrogen and oxygen atoms in total. The van der Waals surface area contributed by atoms with Crippen LogP contribution in [0.4, 0.5) is 5.69 Å². The van der Waals surface area contributed by atoms with Gasteiger partial charge in [-0.3, -0.25) is 0 Å². The molecule has 0 heterocycles. The Morgan fingerprint density at radius 2 is 1.85 bits per heavy atom. The van der Waals surface area contributed by atoms with Crippen LogP contribution < -0.4 is 5.32 Å². The van der Waals surface area contributed by atoms with E-state index in [4.69, 9.17) is 0 Å². The monoisotopic (exact) mass is 393 g/mol. The first kappa shape index (κ1) is 14.2. The van der Waals surface area contributed by atoms with Gasteiger partial charge >= 0.3 is 0 Å². The normalized spacial score (nSPS) is 17.1. The molecule has 0 bridgehead atoms. The van der Waals surface area contributed by atoms with Crippen molar-refractivity contribution in [2.45, 2.75) is 32.2 Å². The summed E-state index contributed by atoms with van der Waals surface area (Å²) in [4.78, 5) is 0. The molecule has 0 amide bonds. The topological polar surface area (TPSA) is 12.0 Å². The largest absolute Gasteiger partial charge is 0.378 e. The molecular formula is C17H17Br2N. The third kappa shape index (κ3) is 2.79. The fourth-order valence-corrected chi connectivity index (χ4v) is 3.74. The van der Waals surface area contributed by atoms with Crippen LogP contribution in [0.5, 0.6) is 0 Å². The summed E-state index contributed by atoms with van der Waals surface area (Å²) in [5.74, 6) is 0. The van der Waals surface area contributed by atoms with Gasteiger partial charge in [-0.2, -0.15) is 0 Å². The summed E-state index contributed by atoms with van der Waals surface area (Å²) in [6.07, 6.45) is 3.37. The summed E-state index contributed by atoms with van der Waals surface area (Å²) in [6.45, 7) is 2.20. The smallest absolute Gasteiger partial charge is 0.0519 e. The van der Waals surface area contributed by atoms with E-state index in [9.17, 15) is 0 Å². The highest BCUT2D eigenvalue weighted by Crippen LogP contribution is 2.36. The molecule has 0 saturated carbocycles. The summed E-state index contributed by atoms with van der Waals surface area (Å²) in [6, 6.07) is 13.6. The molecule has 1 atom stereocenters. The first-order valence-corrected chi connectivity index (χ1v) is 8.59. The predicted molar refractivity (Wildman–Crippen MR) is 92.3 cm³/mol. The van der Waals surface area contributed by atoms with Crippen molar-refractivity contribution in [3.63, 3.8) is 0 Å². The lowest BCUT2D eigenvalue weighted by Gasteiger charge is -2.18. The van der Waals surface area contributed by atoms with Crippen LogP contribution in [0.3, 0.4) is 0 Å². The van der Waals surface area contributed by atoms with Crippen molar-refractivity contribution >= 4 is 37.5 Å². The quantitative estimate of drug-likeness (QED) is 0.685. The van der Waals surface area contributed by atoms with Gasteiger partial charge in [0.05, 0.1) is 6.04 Å². The minimum atomic E-state index is 0.435. The molecule has 104 valence electrons. The third-order valence-corrected chi connectivity index (χ3v) is 4.95. The maximum atomic E-state index is 3.73. The highest BCUT2D eigenvalue weighted by molar-refractivity contribution is 9.10. The number of hydrogen-bond acceptors (Lipinski definition) is 1. The Hall–Kier alpha value is -0.800. The second-order valence-electron chi connectivity index (χ2n) is 5.23. The number of rotatable bonds is 3. The number of benzene rings is 2. The molecule has 0 aromatic heterocycles. The van der Waals surface area contributed by atoms with E-state index in [1.807, 2.05) is 0 Å². The number of hydrogen-bond donors (Lipinski definition) is 1. The van der Waals surface area contributed by atoms with Crippen LogP contribution in [0.15, 0.2) is 45.3 Å². The maximum Gasteiger partial charge on any atom is 0.0519 e. The Labute approximate surface area is 137 Å². The van der Waals surface area contributed by atoms with E-state index in [0.717, 1.165) is 17.3 Å². The molecule has 1 unspecified atom stereocenters. The Balaban J connectivity index is 1.87.